The SMILES string of the molecule is CCOC(=O)c1cnc(NCc2ccc(O)c(OC)c2)[nH]c1=O. The molecule has 0 unspecified atom stereocenters. The van der Waals surface area contributed by atoms with Crippen molar-refractivity contribution in [2.45, 2.75) is 13.5 Å². The molecule has 0 spiro atoms. The van der Waals surface area contributed by atoms with Crippen molar-refractivity contribution in [1.29, 1.82) is 0 Å². The zero-order valence-corrected chi connectivity index (χ0v) is 12.8. The van der Waals surface area contributed by atoms with Crippen molar-refractivity contribution >= 4 is 11.9 Å². The number of nitrogens with one attached hydrogen (secondary N) is 2. The van der Waals surface area contributed by atoms with E-state index in [-0.39, 0.29) is 23.9 Å². The van der Waals surface area contributed by atoms with Crippen molar-refractivity contribution in [2.75, 3.05) is 19.0 Å². The molecule has 2 rings (SSSR count). The highest BCUT2D eigenvalue weighted by molar-refractivity contribution is 5.88. The van der Waals surface area contributed by atoms with E-state index < -0.39 is 11.5 Å². The lowest BCUT2D eigenvalue weighted by molar-refractivity contribution is 0.0524. The average molecular weight is 319 g/mol. The fraction of sp³-hybridized carbons (Fsp3) is 0.267. The van der Waals surface area contributed by atoms with Crippen molar-refractivity contribution in [2.24, 2.45) is 0 Å². The molecule has 0 saturated heterocycles. The minimum Gasteiger partial charge on any atom is -0.504 e. The molecule has 23 heavy (non-hydrogen) atoms. The van der Waals surface area contributed by atoms with Crippen LogP contribution in [0.15, 0.2) is 29.2 Å². The fourth-order valence-electron chi connectivity index (χ4n) is 1.86. The summed E-state index contributed by atoms with van der Waals surface area (Å²) in [4.78, 5) is 29.8. The molecule has 8 heteroatoms. The predicted octanol–water partition coefficient (Wildman–Crippen LogP) is 1.27. The molecule has 1 heterocycles. The van der Waals surface area contributed by atoms with E-state index in [1.165, 1.54) is 13.2 Å². The van der Waals surface area contributed by atoms with Crippen molar-refractivity contribution < 1.29 is 19.4 Å². The quantitative estimate of drug-likeness (QED) is 0.687. The molecule has 3 N–H and O–H groups in total. The molecule has 1 aromatic heterocycles. The van der Waals surface area contributed by atoms with Gasteiger partial charge in [-0.2, -0.15) is 0 Å². The zero-order valence-electron chi connectivity index (χ0n) is 12.8. The van der Waals surface area contributed by atoms with Crippen molar-refractivity contribution in [3.8, 4) is 11.5 Å². The molecule has 8 nitrogen and oxygen atoms in total. The highest BCUT2D eigenvalue weighted by Crippen LogP contribution is 2.26. The number of esters is 1. The van der Waals surface area contributed by atoms with Gasteiger partial charge in [0.25, 0.3) is 5.56 Å². The molecule has 1 aromatic carbocycles. The number of carbonyl (C=O) groups is 1. The Morgan fingerprint density at radius 3 is 2.87 bits per heavy atom. The van der Waals surface area contributed by atoms with Gasteiger partial charge in [-0.05, 0) is 24.6 Å². The van der Waals surface area contributed by atoms with Gasteiger partial charge in [-0.15, -0.1) is 0 Å². The second-order valence-electron chi connectivity index (χ2n) is 4.55. The fourth-order valence-corrected chi connectivity index (χ4v) is 1.86. The molecule has 2 aromatic rings. The van der Waals surface area contributed by atoms with Gasteiger partial charge in [0.15, 0.2) is 11.5 Å². The smallest absolute Gasteiger partial charge is 0.345 e. The maximum absolute atomic E-state index is 11.8. The number of phenols is 1. The van der Waals surface area contributed by atoms with E-state index in [4.69, 9.17) is 9.47 Å². The van der Waals surface area contributed by atoms with Crippen LogP contribution >= 0.6 is 0 Å². The third-order valence-corrected chi connectivity index (χ3v) is 3.00. The number of ether oxygens (including phenoxy) is 2. The number of aromatic nitrogens is 2. The van der Waals surface area contributed by atoms with Gasteiger partial charge in [-0.1, -0.05) is 6.07 Å². The standard InChI is InChI=1S/C15H17N3O5/c1-3-23-14(21)10-8-17-15(18-13(10)20)16-7-9-4-5-11(19)12(6-9)22-2/h4-6,8,19H,3,7H2,1-2H3,(H2,16,17,18,20). The number of H-pyrrole nitrogens is 1. The Labute approximate surface area is 132 Å². The molecule has 0 aliphatic heterocycles. The Hall–Kier alpha value is -3.03. The third kappa shape index (κ3) is 4.00. The summed E-state index contributed by atoms with van der Waals surface area (Å²) in [7, 11) is 1.46. The van der Waals surface area contributed by atoms with Crippen LogP contribution in [0.3, 0.4) is 0 Å². The summed E-state index contributed by atoms with van der Waals surface area (Å²) < 4.78 is 9.78. The largest absolute Gasteiger partial charge is 0.504 e. The highest BCUT2D eigenvalue weighted by Gasteiger charge is 2.12. The van der Waals surface area contributed by atoms with Crippen LogP contribution < -0.4 is 15.6 Å². The first-order chi connectivity index (χ1) is 11.0. The Bertz CT molecular complexity index is 757. The number of aromatic hydroxyl groups is 1. The van der Waals surface area contributed by atoms with Gasteiger partial charge < -0.3 is 19.9 Å². The number of benzene rings is 1. The molecular weight excluding hydrogens is 302 g/mol. The summed E-state index contributed by atoms with van der Waals surface area (Å²) in [5.41, 5.74) is 0.0877. The van der Waals surface area contributed by atoms with Gasteiger partial charge in [0.05, 0.1) is 19.9 Å². The molecule has 0 atom stereocenters. The number of methoxy groups -OCH3 is 1. The lowest BCUT2D eigenvalue weighted by Crippen LogP contribution is -2.22. The number of carbonyl (C=O) groups excluding carboxylic acids is 1. The maximum atomic E-state index is 11.8. The van der Waals surface area contributed by atoms with Crippen molar-refractivity contribution in [3.63, 3.8) is 0 Å². The van der Waals surface area contributed by atoms with E-state index in [9.17, 15) is 14.7 Å². The second-order valence-corrected chi connectivity index (χ2v) is 4.55. The Morgan fingerprint density at radius 2 is 2.22 bits per heavy atom. The van der Waals surface area contributed by atoms with E-state index in [2.05, 4.69) is 15.3 Å². The first kappa shape index (κ1) is 16.3. The van der Waals surface area contributed by atoms with Crippen LogP contribution in [0.2, 0.25) is 0 Å². The number of hydrogen-bond acceptors (Lipinski definition) is 7. The van der Waals surface area contributed by atoms with Gasteiger partial charge in [0.1, 0.15) is 5.56 Å². The van der Waals surface area contributed by atoms with Crippen LogP contribution in [-0.2, 0) is 11.3 Å². The maximum Gasteiger partial charge on any atom is 0.345 e. The van der Waals surface area contributed by atoms with E-state index in [1.54, 1.807) is 19.1 Å². The molecule has 122 valence electrons. The van der Waals surface area contributed by atoms with E-state index >= 15 is 0 Å². The average Bonchev–Trinajstić information content (AvgIpc) is 2.54. The number of phenolic OH excluding ortho intramolecular Hbond substituents is 1. The summed E-state index contributed by atoms with van der Waals surface area (Å²) >= 11 is 0. The normalized spacial score (nSPS) is 10.2. The summed E-state index contributed by atoms with van der Waals surface area (Å²) in [6.07, 6.45) is 1.16. The minimum atomic E-state index is -0.712. The van der Waals surface area contributed by atoms with Gasteiger partial charge in [0.2, 0.25) is 5.95 Å². The topological polar surface area (TPSA) is 114 Å². The summed E-state index contributed by atoms with van der Waals surface area (Å²) in [6, 6.07) is 4.87. The molecule has 0 radical (unpaired) electrons. The van der Waals surface area contributed by atoms with E-state index in [1.807, 2.05) is 0 Å². The van der Waals surface area contributed by atoms with E-state index in [0.29, 0.717) is 12.3 Å². The first-order valence-electron chi connectivity index (χ1n) is 6.91. The van der Waals surface area contributed by atoms with Crippen LogP contribution in [0.1, 0.15) is 22.8 Å². The molecular formula is C15H17N3O5. The van der Waals surface area contributed by atoms with Crippen LogP contribution in [-0.4, -0.2) is 34.8 Å². The van der Waals surface area contributed by atoms with Gasteiger partial charge in [-0.3, -0.25) is 9.78 Å². The van der Waals surface area contributed by atoms with Gasteiger partial charge in [0, 0.05) is 6.54 Å². The summed E-state index contributed by atoms with van der Waals surface area (Å²) in [6.45, 7) is 2.18. The number of aromatic amines is 1. The van der Waals surface area contributed by atoms with Crippen molar-refractivity contribution in [3.05, 3.63) is 45.9 Å². The third-order valence-electron chi connectivity index (χ3n) is 3.00. The second kappa shape index (κ2) is 7.30. The van der Waals surface area contributed by atoms with E-state index in [0.717, 1.165) is 11.8 Å². The molecule has 0 saturated carbocycles. The summed E-state index contributed by atoms with van der Waals surface area (Å²) in [5, 5.41) is 12.4. The van der Waals surface area contributed by atoms with Crippen LogP contribution in [0.5, 0.6) is 11.5 Å². The number of hydrogen-bond donors (Lipinski definition) is 3. The molecule has 0 aliphatic carbocycles. The number of anilines is 1. The lowest BCUT2D eigenvalue weighted by atomic mass is 10.2. The van der Waals surface area contributed by atoms with Gasteiger partial charge >= 0.3 is 5.97 Å². The number of rotatable bonds is 6. The number of nitrogens with zero attached hydrogens (tertiary/aromatic N) is 1. The Kier molecular flexibility index (Phi) is 5.19. The first-order valence-corrected chi connectivity index (χ1v) is 6.91. The molecule has 0 bridgehead atoms. The van der Waals surface area contributed by atoms with Crippen LogP contribution in [0.25, 0.3) is 0 Å². The molecule has 0 fully saturated rings. The highest BCUT2D eigenvalue weighted by atomic mass is 16.5. The zero-order chi connectivity index (χ0) is 16.8. The van der Waals surface area contributed by atoms with Crippen molar-refractivity contribution in [1.82, 2.24) is 9.97 Å². The minimum absolute atomic E-state index is 0.0431. The monoisotopic (exact) mass is 319 g/mol. The lowest BCUT2D eigenvalue weighted by Gasteiger charge is -2.08. The Morgan fingerprint density at radius 1 is 1.43 bits per heavy atom. The van der Waals surface area contributed by atoms with Crippen LogP contribution in [0.4, 0.5) is 5.95 Å². The molecule has 0 aliphatic rings. The van der Waals surface area contributed by atoms with Crippen LogP contribution in [0, 0.1) is 0 Å². The van der Waals surface area contributed by atoms with Gasteiger partial charge in [-0.25, -0.2) is 9.78 Å². The summed E-state index contributed by atoms with van der Waals surface area (Å²) in [5.74, 6) is -0.101. The Balaban J connectivity index is 2.08. The predicted molar refractivity (Wildman–Crippen MR) is 82.8 cm³/mol. The molecule has 0 amide bonds.